The summed E-state index contributed by atoms with van der Waals surface area (Å²) in [4.78, 5) is 0. The van der Waals surface area contributed by atoms with E-state index in [4.69, 9.17) is 0 Å². The molecule has 1 nitrogen and oxygen atoms in total. The third-order valence-corrected chi connectivity index (χ3v) is 1.56. The van der Waals surface area contributed by atoms with Gasteiger partial charge < -0.3 is 5.32 Å². The van der Waals surface area contributed by atoms with Crippen LogP contribution in [0, 0.1) is 0 Å². The first-order chi connectivity index (χ1) is 4.25. The molecule has 0 radical (unpaired) electrons. The third-order valence-electron chi connectivity index (χ3n) is 1.56. The lowest BCUT2D eigenvalue weighted by Crippen LogP contribution is -2.05. The van der Waals surface area contributed by atoms with Crippen LogP contribution in [0.15, 0.2) is 36.1 Å². The van der Waals surface area contributed by atoms with Crippen molar-refractivity contribution in [1.82, 2.24) is 5.32 Å². The van der Waals surface area contributed by atoms with E-state index in [1.165, 1.54) is 11.1 Å². The molecule has 0 fully saturated rings. The lowest BCUT2D eigenvalue weighted by atomic mass is 10.1. The molecule has 0 saturated heterocycles. The zero-order valence-electron chi connectivity index (χ0n) is 5.70. The molecule has 0 atom stereocenters. The van der Waals surface area contributed by atoms with E-state index in [0.29, 0.717) is 0 Å². The minimum absolute atomic E-state index is 0.931. The third kappa shape index (κ3) is 0.900. The van der Waals surface area contributed by atoms with Gasteiger partial charge in [0.1, 0.15) is 0 Å². The average molecular weight is 121 g/mol. The van der Waals surface area contributed by atoms with Gasteiger partial charge in [0.05, 0.1) is 0 Å². The van der Waals surface area contributed by atoms with Gasteiger partial charge in [0, 0.05) is 12.2 Å². The normalized spacial score (nSPS) is 18.1. The van der Waals surface area contributed by atoms with Crippen molar-refractivity contribution < 1.29 is 0 Å². The van der Waals surface area contributed by atoms with Crippen LogP contribution in [0.1, 0.15) is 6.92 Å². The molecule has 0 saturated carbocycles. The van der Waals surface area contributed by atoms with Crippen molar-refractivity contribution in [2.45, 2.75) is 6.92 Å². The van der Waals surface area contributed by atoms with Gasteiger partial charge in [-0.15, -0.1) is 0 Å². The van der Waals surface area contributed by atoms with Gasteiger partial charge in [-0.25, -0.2) is 0 Å². The highest BCUT2D eigenvalue weighted by molar-refractivity contribution is 5.44. The lowest BCUT2D eigenvalue weighted by Gasteiger charge is -1.94. The SMILES string of the molecule is C=CC1=C(C)CNC1=C. The van der Waals surface area contributed by atoms with Crippen molar-refractivity contribution in [3.8, 4) is 0 Å². The summed E-state index contributed by atoms with van der Waals surface area (Å²) in [6.07, 6.45) is 1.84. The fourth-order valence-electron chi connectivity index (χ4n) is 0.985. The van der Waals surface area contributed by atoms with Crippen molar-refractivity contribution in [2.75, 3.05) is 6.54 Å². The molecule has 0 aromatic heterocycles. The van der Waals surface area contributed by atoms with Gasteiger partial charge in [-0.2, -0.15) is 0 Å². The highest BCUT2D eigenvalue weighted by Gasteiger charge is 2.09. The van der Waals surface area contributed by atoms with Gasteiger partial charge in [-0.3, -0.25) is 0 Å². The van der Waals surface area contributed by atoms with E-state index in [2.05, 4.69) is 25.4 Å². The van der Waals surface area contributed by atoms with Crippen molar-refractivity contribution in [3.63, 3.8) is 0 Å². The summed E-state index contributed by atoms with van der Waals surface area (Å²) in [5.41, 5.74) is 3.51. The number of hydrogen-bond acceptors (Lipinski definition) is 1. The summed E-state index contributed by atoms with van der Waals surface area (Å²) in [5, 5.41) is 3.13. The molecule has 1 aliphatic heterocycles. The van der Waals surface area contributed by atoms with E-state index < -0.39 is 0 Å². The van der Waals surface area contributed by atoms with Crippen LogP contribution in [-0.2, 0) is 0 Å². The highest BCUT2D eigenvalue weighted by atomic mass is 14.9. The monoisotopic (exact) mass is 121 g/mol. The van der Waals surface area contributed by atoms with E-state index in [0.717, 1.165) is 12.2 Å². The molecule has 1 heteroatoms. The van der Waals surface area contributed by atoms with Gasteiger partial charge in [-0.05, 0) is 18.1 Å². The van der Waals surface area contributed by atoms with Crippen LogP contribution in [0.3, 0.4) is 0 Å². The highest BCUT2D eigenvalue weighted by Crippen LogP contribution is 2.17. The molecule has 1 heterocycles. The van der Waals surface area contributed by atoms with Gasteiger partial charge in [0.2, 0.25) is 0 Å². The smallest absolute Gasteiger partial charge is 0.0367 e. The number of allylic oxidation sites excluding steroid dienone is 1. The van der Waals surface area contributed by atoms with Crippen LogP contribution in [0.5, 0.6) is 0 Å². The molecular weight excluding hydrogens is 110 g/mol. The molecule has 0 aromatic carbocycles. The van der Waals surface area contributed by atoms with E-state index in [1.807, 2.05) is 6.08 Å². The second-order valence-corrected chi connectivity index (χ2v) is 2.23. The van der Waals surface area contributed by atoms with Gasteiger partial charge >= 0.3 is 0 Å². The summed E-state index contributed by atoms with van der Waals surface area (Å²) < 4.78 is 0. The first-order valence-corrected chi connectivity index (χ1v) is 3.01. The Morgan fingerprint density at radius 3 is 2.56 bits per heavy atom. The fourth-order valence-corrected chi connectivity index (χ4v) is 0.985. The van der Waals surface area contributed by atoms with Gasteiger partial charge in [-0.1, -0.05) is 19.2 Å². The summed E-state index contributed by atoms with van der Waals surface area (Å²) in [6, 6.07) is 0. The van der Waals surface area contributed by atoms with Crippen LogP contribution in [0.25, 0.3) is 0 Å². The molecule has 9 heavy (non-hydrogen) atoms. The Kier molecular flexibility index (Phi) is 1.43. The minimum Gasteiger partial charge on any atom is -0.381 e. The summed E-state index contributed by atoms with van der Waals surface area (Å²) >= 11 is 0. The Balaban J connectivity index is 2.94. The first kappa shape index (κ1) is 6.14. The maximum atomic E-state index is 3.82. The first-order valence-electron chi connectivity index (χ1n) is 3.01. The quantitative estimate of drug-likeness (QED) is 0.555. The van der Waals surface area contributed by atoms with Crippen molar-refractivity contribution in [2.24, 2.45) is 0 Å². The fraction of sp³-hybridized carbons (Fsp3) is 0.250. The predicted molar refractivity (Wildman–Crippen MR) is 40.0 cm³/mol. The van der Waals surface area contributed by atoms with Crippen LogP contribution in [0.4, 0.5) is 0 Å². The Labute approximate surface area is 55.8 Å². The van der Waals surface area contributed by atoms with Crippen LogP contribution < -0.4 is 5.32 Å². The maximum absolute atomic E-state index is 3.82. The summed E-state index contributed by atoms with van der Waals surface area (Å²) in [6.45, 7) is 10.5. The Bertz CT molecular complexity index is 187. The molecule has 48 valence electrons. The Morgan fingerprint density at radius 2 is 2.33 bits per heavy atom. The molecule has 1 N–H and O–H groups in total. The molecule has 1 aliphatic rings. The Hall–Kier alpha value is -0.980. The second-order valence-electron chi connectivity index (χ2n) is 2.23. The molecule has 0 unspecified atom stereocenters. The van der Waals surface area contributed by atoms with Gasteiger partial charge in [0.15, 0.2) is 0 Å². The number of rotatable bonds is 1. The standard InChI is InChI=1S/C8H11N/c1-4-8-6(2)5-9-7(8)3/h4,9H,1,3,5H2,2H3. The number of hydrogen-bond donors (Lipinski definition) is 1. The average Bonchev–Trinajstić information content (AvgIpc) is 2.12. The van der Waals surface area contributed by atoms with Crippen molar-refractivity contribution in [1.29, 1.82) is 0 Å². The van der Waals surface area contributed by atoms with Crippen molar-refractivity contribution in [3.05, 3.63) is 36.1 Å². The molecule has 0 aliphatic carbocycles. The summed E-state index contributed by atoms with van der Waals surface area (Å²) in [7, 11) is 0. The van der Waals surface area contributed by atoms with Crippen molar-refractivity contribution >= 4 is 0 Å². The predicted octanol–water partition coefficient (Wildman–Crippen LogP) is 1.61. The molecule has 0 amide bonds. The van der Waals surface area contributed by atoms with Crippen LogP contribution >= 0.6 is 0 Å². The van der Waals surface area contributed by atoms with E-state index in [-0.39, 0.29) is 0 Å². The maximum Gasteiger partial charge on any atom is 0.0367 e. The summed E-state index contributed by atoms with van der Waals surface area (Å²) in [5.74, 6) is 0. The van der Waals surface area contributed by atoms with Crippen LogP contribution in [-0.4, -0.2) is 6.54 Å². The second kappa shape index (κ2) is 2.09. The number of nitrogens with one attached hydrogen (secondary N) is 1. The molecular formula is C8H11N. The largest absolute Gasteiger partial charge is 0.381 e. The molecule has 1 rings (SSSR count). The topological polar surface area (TPSA) is 12.0 Å². The van der Waals surface area contributed by atoms with E-state index >= 15 is 0 Å². The molecule has 0 bridgehead atoms. The van der Waals surface area contributed by atoms with E-state index in [9.17, 15) is 0 Å². The molecule has 0 spiro atoms. The van der Waals surface area contributed by atoms with E-state index in [1.54, 1.807) is 0 Å². The molecule has 0 aromatic rings. The lowest BCUT2D eigenvalue weighted by molar-refractivity contribution is 0.954. The minimum atomic E-state index is 0.931. The van der Waals surface area contributed by atoms with Crippen LogP contribution in [0.2, 0.25) is 0 Å². The zero-order valence-corrected chi connectivity index (χ0v) is 5.70. The Morgan fingerprint density at radius 1 is 1.67 bits per heavy atom. The van der Waals surface area contributed by atoms with Gasteiger partial charge in [0.25, 0.3) is 0 Å². The zero-order chi connectivity index (χ0) is 6.85.